The predicted molar refractivity (Wildman–Crippen MR) is 73.7 cm³/mol. The molecule has 0 aliphatic heterocycles. The van der Waals surface area contributed by atoms with E-state index in [1.807, 2.05) is 22.9 Å². The third-order valence-corrected chi connectivity index (χ3v) is 2.83. The number of nitrogens with two attached hydrogens (primary N) is 1. The average Bonchev–Trinajstić information content (AvgIpc) is 2.97. The lowest BCUT2D eigenvalue weighted by molar-refractivity contribution is 0.566. The van der Waals surface area contributed by atoms with Crippen molar-refractivity contribution in [2.75, 3.05) is 11.1 Å². The number of aromatic nitrogens is 3. The highest BCUT2D eigenvalue weighted by Gasteiger charge is 2.09. The molecule has 3 rings (SSSR count). The summed E-state index contributed by atoms with van der Waals surface area (Å²) < 4.78 is 7.61. The number of anilines is 2. The average molecular weight is 257 g/mol. The number of nitrogens with one attached hydrogen (secondary N) is 1. The predicted octanol–water partition coefficient (Wildman–Crippen LogP) is 2.11. The van der Waals surface area contributed by atoms with Gasteiger partial charge in [0, 0.05) is 36.7 Å². The molecule has 2 aromatic heterocycles. The molecule has 0 aliphatic rings. The molecule has 98 valence electrons. The highest BCUT2D eigenvalue weighted by atomic mass is 16.4. The topological polar surface area (TPSA) is 81.9 Å². The Labute approximate surface area is 110 Å². The number of nitrogen functional groups attached to an aromatic ring is 1. The van der Waals surface area contributed by atoms with Crippen LogP contribution < -0.4 is 11.1 Å². The molecule has 0 radical (unpaired) electrons. The van der Waals surface area contributed by atoms with E-state index < -0.39 is 0 Å². The monoisotopic (exact) mass is 257 g/mol. The Morgan fingerprint density at radius 3 is 3.16 bits per heavy atom. The van der Waals surface area contributed by atoms with Gasteiger partial charge in [-0.1, -0.05) is 0 Å². The Morgan fingerprint density at radius 1 is 1.47 bits per heavy atom. The van der Waals surface area contributed by atoms with Crippen molar-refractivity contribution < 1.29 is 4.42 Å². The van der Waals surface area contributed by atoms with Crippen molar-refractivity contribution in [3.63, 3.8) is 0 Å². The summed E-state index contributed by atoms with van der Waals surface area (Å²) in [4.78, 5) is 8.37. The minimum absolute atomic E-state index is 0.180. The van der Waals surface area contributed by atoms with E-state index in [1.54, 1.807) is 18.6 Å². The standard InChI is InChI=1S/C13H15N5O/c1-9(7-18-5-4-15-8-18)16-13-17-11-3-2-10(14)6-12(11)19-13/h2-6,8-9H,7,14H2,1H3,(H,16,17). The number of nitrogens with zero attached hydrogens (tertiary/aromatic N) is 3. The zero-order valence-corrected chi connectivity index (χ0v) is 10.6. The lowest BCUT2D eigenvalue weighted by atomic mass is 10.3. The van der Waals surface area contributed by atoms with Gasteiger partial charge in [0.15, 0.2) is 5.58 Å². The molecular formula is C13H15N5O. The van der Waals surface area contributed by atoms with Crippen molar-refractivity contribution in [2.24, 2.45) is 0 Å². The SMILES string of the molecule is CC(Cn1ccnc1)Nc1nc2ccc(N)cc2o1. The van der Waals surface area contributed by atoms with Crippen LogP contribution in [-0.2, 0) is 6.54 Å². The summed E-state index contributed by atoms with van der Waals surface area (Å²) in [7, 11) is 0. The number of imidazole rings is 1. The van der Waals surface area contributed by atoms with E-state index in [0.29, 0.717) is 17.3 Å². The van der Waals surface area contributed by atoms with Crippen LogP contribution in [0.3, 0.4) is 0 Å². The van der Waals surface area contributed by atoms with Crippen LogP contribution in [0.1, 0.15) is 6.92 Å². The van der Waals surface area contributed by atoms with Gasteiger partial charge in [0.2, 0.25) is 0 Å². The fourth-order valence-electron chi connectivity index (χ4n) is 1.97. The second-order valence-corrected chi connectivity index (χ2v) is 4.55. The van der Waals surface area contributed by atoms with Gasteiger partial charge >= 0.3 is 0 Å². The maximum absolute atomic E-state index is 5.71. The third kappa shape index (κ3) is 2.52. The van der Waals surface area contributed by atoms with Crippen LogP contribution in [0.5, 0.6) is 0 Å². The summed E-state index contributed by atoms with van der Waals surface area (Å²) in [6.45, 7) is 2.85. The van der Waals surface area contributed by atoms with Crippen molar-refractivity contribution in [1.29, 1.82) is 0 Å². The van der Waals surface area contributed by atoms with Crippen LogP contribution in [0.4, 0.5) is 11.7 Å². The first-order chi connectivity index (χ1) is 9.20. The summed E-state index contributed by atoms with van der Waals surface area (Å²) in [5.41, 5.74) is 7.86. The van der Waals surface area contributed by atoms with Gasteiger partial charge in [-0.2, -0.15) is 4.98 Å². The number of fused-ring (bicyclic) bond motifs is 1. The van der Waals surface area contributed by atoms with Gasteiger partial charge in [-0.05, 0) is 19.1 Å². The smallest absolute Gasteiger partial charge is 0.295 e. The first kappa shape index (κ1) is 11.6. The van der Waals surface area contributed by atoms with Gasteiger partial charge in [-0.3, -0.25) is 0 Å². The molecule has 0 amide bonds. The molecule has 2 heterocycles. The summed E-state index contributed by atoms with van der Waals surface area (Å²) in [6.07, 6.45) is 5.46. The molecule has 0 saturated heterocycles. The Hall–Kier alpha value is -2.50. The van der Waals surface area contributed by atoms with Gasteiger partial charge in [0.05, 0.1) is 6.33 Å². The Balaban J connectivity index is 1.74. The fourth-order valence-corrected chi connectivity index (χ4v) is 1.97. The van der Waals surface area contributed by atoms with Crippen LogP contribution in [-0.4, -0.2) is 20.6 Å². The molecule has 1 atom stereocenters. The van der Waals surface area contributed by atoms with Gasteiger partial charge in [-0.25, -0.2) is 4.98 Å². The van der Waals surface area contributed by atoms with Crippen LogP contribution in [0.2, 0.25) is 0 Å². The van der Waals surface area contributed by atoms with Gasteiger partial charge in [0.25, 0.3) is 6.01 Å². The van der Waals surface area contributed by atoms with E-state index in [-0.39, 0.29) is 6.04 Å². The van der Waals surface area contributed by atoms with E-state index in [1.165, 1.54) is 0 Å². The first-order valence-corrected chi connectivity index (χ1v) is 6.09. The number of oxazole rings is 1. The minimum Gasteiger partial charge on any atom is -0.423 e. The van der Waals surface area contributed by atoms with E-state index in [2.05, 4.69) is 22.2 Å². The van der Waals surface area contributed by atoms with E-state index in [4.69, 9.17) is 10.2 Å². The lowest BCUT2D eigenvalue weighted by Gasteiger charge is -2.12. The second kappa shape index (κ2) is 4.64. The van der Waals surface area contributed by atoms with Crippen molar-refractivity contribution in [1.82, 2.24) is 14.5 Å². The normalized spacial score (nSPS) is 12.7. The van der Waals surface area contributed by atoms with Gasteiger partial charge in [-0.15, -0.1) is 0 Å². The number of hydrogen-bond donors (Lipinski definition) is 2. The maximum atomic E-state index is 5.71. The molecule has 19 heavy (non-hydrogen) atoms. The number of benzene rings is 1. The molecule has 6 nitrogen and oxygen atoms in total. The van der Waals surface area contributed by atoms with Gasteiger partial charge in [0.1, 0.15) is 5.52 Å². The molecule has 0 fully saturated rings. The molecule has 0 aliphatic carbocycles. The van der Waals surface area contributed by atoms with Crippen LogP contribution in [0.25, 0.3) is 11.1 Å². The number of rotatable bonds is 4. The van der Waals surface area contributed by atoms with E-state index in [0.717, 1.165) is 12.1 Å². The van der Waals surface area contributed by atoms with Crippen molar-refractivity contribution in [3.8, 4) is 0 Å². The van der Waals surface area contributed by atoms with Crippen molar-refractivity contribution in [3.05, 3.63) is 36.9 Å². The molecule has 1 aromatic carbocycles. The summed E-state index contributed by atoms with van der Waals surface area (Å²) in [5, 5.41) is 3.22. The molecular weight excluding hydrogens is 242 g/mol. The van der Waals surface area contributed by atoms with Crippen LogP contribution >= 0.6 is 0 Å². The Kier molecular flexibility index (Phi) is 2.83. The summed E-state index contributed by atoms with van der Waals surface area (Å²) >= 11 is 0. The molecule has 0 spiro atoms. The summed E-state index contributed by atoms with van der Waals surface area (Å²) in [6, 6.07) is 6.12. The quantitative estimate of drug-likeness (QED) is 0.699. The first-order valence-electron chi connectivity index (χ1n) is 6.09. The highest BCUT2D eigenvalue weighted by Crippen LogP contribution is 2.21. The third-order valence-electron chi connectivity index (χ3n) is 2.83. The molecule has 0 saturated carbocycles. The van der Waals surface area contributed by atoms with Crippen molar-refractivity contribution >= 4 is 22.8 Å². The Bertz CT molecular complexity index is 673. The minimum atomic E-state index is 0.180. The Morgan fingerprint density at radius 2 is 2.37 bits per heavy atom. The molecule has 6 heteroatoms. The van der Waals surface area contributed by atoms with Crippen molar-refractivity contribution in [2.45, 2.75) is 19.5 Å². The van der Waals surface area contributed by atoms with E-state index >= 15 is 0 Å². The highest BCUT2D eigenvalue weighted by molar-refractivity contribution is 5.78. The zero-order chi connectivity index (χ0) is 13.2. The zero-order valence-electron chi connectivity index (χ0n) is 10.6. The summed E-state index contributed by atoms with van der Waals surface area (Å²) in [5.74, 6) is 0. The molecule has 3 aromatic rings. The van der Waals surface area contributed by atoms with E-state index in [9.17, 15) is 0 Å². The molecule has 0 bridgehead atoms. The van der Waals surface area contributed by atoms with Gasteiger partial charge < -0.3 is 20.0 Å². The largest absolute Gasteiger partial charge is 0.423 e. The molecule has 3 N–H and O–H groups in total. The maximum Gasteiger partial charge on any atom is 0.295 e. The number of hydrogen-bond acceptors (Lipinski definition) is 5. The fraction of sp³-hybridized carbons (Fsp3) is 0.231. The lowest BCUT2D eigenvalue weighted by Crippen LogP contribution is -2.21. The van der Waals surface area contributed by atoms with Crippen LogP contribution in [0.15, 0.2) is 41.3 Å². The molecule has 1 unspecified atom stereocenters. The second-order valence-electron chi connectivity index (χ2n) is 4.55. The van der Waals surface area contributed by atoms with Crippen LogP contribution in [0, 0.1) is 0 Å².